The molecule has 5 heteroatoms. The highest BCUT2D eigenvalue weighted by Gasteiger charge is 2.52. The van der Waals surface area contributed by atoms with Gasteiger partial charge in [-0.15, -0.1) is 0 Å². The van der Waals surface area contributed by atoms with Crippen molar-refractivity contribution in [1.29, 1.82) is 0 Å². The molecule has 1 unspecified atom stereocenters. The van der Waals surface area contributed by atoms with Crippen molar-refractivity contribution < 1.29 is 0 Å². The summed E-state index contributed by atoms with van der Waals surface area (Å²) in [6, 6.07) is 71.2. The third-order valence-electron chi connectivity index (χ3n) is 15.2. The van der Waals surface area contributed by atoms with Crippen molar-refractivity contribution in [3.8, 4) is 73.0 Å². The molecule has 3 heterocycles. The van der Waals surface area contributed by atoms with Crippen molar-refractivity contribution in [2.75, 3.05) is 0 Å². The van der Waals surface area contributed by atoms with Crippen molar-refractivity contribution in [1.82, 2.24) is 19.5 Å². The molecule has 11 aromatic rings. The Morgan fingerprint density at radius 2 is 1.03 bits per heavy atom. The van der Waals surface area contributed by atoms with E-state index in [0.29, 0.717) is 11.6 Å². The highest BCUT2D eigenvalue weighted by molar-refractivity contribution is 6.28. The average molecular weight is 847 g/mol. The van der Waals surface area contributed by atoms with Crippen LogP contribution >= 0.6 is 11.6 Å². The summed E-state index contributed by atoms with van der Waals surface area (Å²) in [5.41, 5.74) is 23.0. The number of nitrogens with zero attached hydrogens (tertiary/aromatic N) is 4. The Hall–Kier alpha value is -7.92. The van der Waals surface area contributed by atoms with Gasteiger partial charge in [-0.25, -0.2) is 4.98 Å². The van der Waals surface area contributed by atoms with Gasteiger partial charge in [0.05, 0.1) is 22.1 Å². The van der Waals surface area contributed by atoms with Gasteiger partial charge in [-0.3, -0.25) is 0 Å². The number of halogens is 1. The van der Waals surface area contributed by atoms with Crippen LogP contribution in [0.25, 0.3) is 94.8 Å². The summed E-state index contributed by atoms with van der Waals surface area (Å²) in [7, 11) is 0. The quantitative estimate of drug-likeness (QED) is 0.178. The van der Waals surface area contributed by atoms with Crippen molar-refractivity contribution in [3.63, 3.8) is 0 Å². The van der Waals surface area contributed by atoms with E-state index in [4.69, 9.17) is 26.6 Å². The highest BCUT2D eigenvalue weighted by Crippen LogP contribution is 2.64. The van der Waals surface area contributed by atoms with E-state index in [2.05, 4.69) is 206 Å². The van der Waals surface area contributed by atoms with E-state index in [1.54, 1.807) is 0 Å². The van der Waals surface area contributed by atoms with Gasteiger partial charge in [0, 0.05) is 38.4 Å². The zero-order chi connectivity index (χ0) is 42.8. The molecule has 1 aliphatic heterocycles. The van der Waals surface area contributed by atoms with Crippen LogP contribution < -0.4 is 0 Å². The molecule has 9 aromatic carbocycles. The summed E-state index contributed by atoms with van der Waals surface area (Å²) in [5.74, 6) is 1.09. The van der Waals surface area contributed by atoms with E-state index < -0.39 is 10.8 Å². The second-order valence-corrected chi connectivity index (χ2v) is 18.4. The molecule has 0 N–H and O–H groups in total. The van der Waals surface area contributed by atoms with Gasteiger partial charge in [-0.2, -0.15) is 9.97 Å². The summed E-state index contributed by atoms with van der Waals surface area (Å²) in [6.07, 6.45) is 0. The van der Waals surface area contributed by atoms with Crippen LogP contribution in [0, 0.1) is 0 Å². The predicted molar refractivity (Wildman–Crippen MR) is 263 cm³/mol. The van der Waals surface area contributed by atoms with Gasteiger partial charge in [0.25, 0.3) is 0 Å². The van der Waals surface area contributed by atoms with Crippen LogP contribution in [0.1, 0.15) is 45.9 Å². The molecule has 3 aliphatic carbocycles. The van der Waals surface area contributed by atoms with Gasteiger partial charge >= 0.3 is 0 Å². The molecule has 15 rings (SSSR count). The van der Waals surface area contributed by atoms with Crippen LogP contribution in [-0.4, -0.2) is 19.5 Å². The monoisotopic (exact) mass is 846 g/mol. The minimum Gasteiger partial charge on any atom is -0.308 e. The smallest absolute Gasteiger partial charge is 0.226 e. The lowest BCUT2D eigenvalue weighted by Crippen LogP contribution is -2.25. The van der Waals surface area contributed by atoms with Gasteiger partial charge < -0.3 is 4.57 Å². The molecule has 2 aromatic heterocycles. The second kappa shape index (κ2) is 12.4. The van der Waals surface area contributed by atoms with Gasteiger partial charge in [0.1, 0.15) is 0 Å². The third kappa shape index (κ3) is 4.27. The SMILES string of the molecule is CC1(c2ccccc2)c2cc(-c3nc(Cl)nc(-c4cccc5c4-c4ccccc4C54c5ccccc5-c5ccccc54)n3)cc3c2-c2c1ccc1c4ccccc4n(c21)-c1ccccc1-3. The molecule has 0 saturated heterocycles. The Morgan fingerprint density at radius 1 is 0.415 bits per heavy atom. The highest BCUT2D eigenvalue weighted by atomic mass is 35.5. The summed E-state index contributed by atoms with van der Waals surface area (Å²) in [5, 5.41) is 2.67. The molecule has 0 saturated carbocycles. The minimum atomic E-state index is -0.490. The first kappa shape index (κ1) is 35.5. The van der Waals surface area contributed by atoms with Gasteiger partial charge in [0.15, 0.2) is 11.6 Å². The fourth-order valence-electron chi connectivity index (χ4n) is 12.7. The molecule has 0 bridgehead atoms. The standard InChI is InChI=1S/C60H35ClN4/c1-59(35-16-3-2-4-17-35)47-31-30-40-38-20-8-13-28-50(38)65-51-29-14-9-21-39(51)43-32-34(33-49(59)53(43)54(47)55(40)65)56-62-57(64-58(61)63-56)42-23-15-27-48-52(42)41-22-7-12-26-46(41)60(48)44-24-10-5-18-36(44)37-19-6-11-25-45(37)60/h2-33H,1H3. The maximum Gasteiger partial charge on any atom is 0.226 e. The Bertz CT molecular complexity index is 3890. The van der Waals surface area contributed by atoms with Crippen LogP contribution in [-0.2, 0) is 10.8 Å². The molecule has 1 spiro atoms. The number of hydrogen-bond donors (Lipinski definition) is 0. The minimum absolute atomic E-state index is 0.158. The maximum atomic E-state index is 7.11. The Morgan fingerprint density at radius 3 is 1.82 bits per heavy atom. The maximum absolute atomic E-state index is 7.11. The third-order valence-corrected chi connectivity index (χ3v) is 15.4. The Kier molecular flexibility index (Phi) is 6.78. The summed E-state index contributed by atoms with van der Waals surface area (Å²) in [6.45, 7) is 2.39. The van der Waals surface area contributed by atoms with Crippen LogP contribution in [0.5, 0.6) is 0 Å². The fourth-order valence-corrected chi connectivity index (χ4v) is 12.8. The van der Waals surface area contributed by atoms with Crippen molar-refractivity contribution in [2.45, 2.75) is 17.8 Å². The van der Waals surface area contributed by atoms with E-state index in [0.717, 1.165) is 33.5 Å². The molecule has 4 nitrogen and oxygen atoms in total. The summed E-state index contributed by atoms with van der Waals surface area (Å²) < 4.78 is 2.50. The molecule has 0 amide bonds. The Balaban J connectivity index is 1.00. The van der Waals surface area contributed by atoms with Crippen molar-refractivity contribution in [2.24, 2.45) is 0 Å². The Labute approximate surface area is 380 Å². The van der Waals surface area contributed by atoms with Crippen molar-refractivity contribution in [3.05, 3.63) is 238 Å². The molecule has 4 aliphatic rings. The van der Waals surface area contributed by atoms with Crippen LogP contribution in [0.15, 0.2) is 194 Å². The van der Waals surface area contributed by atoms with Crippen LogP contribution in [0.3, 0.4) is 0 Å². The van der Waals surface area contributed by atoms with E-state index in [1.807, 2.05) is 0 Å². The summed E-state index contributed by atoms with van der Waals surface area (Å²) in [4.78, 5) is 15.4. The summed E-state index contributed by atoms with van der Waals surface area (Å²) >= 11 is 7.11. The number of hydrogen-bond acceptors (Lipinski definition) is 3. The topological polar surface area (TPSA) is 43.6 Å². The van der Waals surface area contributed by atoms with Crippen molar-refractivity contribution >= 4 is 33.4 Å². The number of para-hydroxylation sites is 2. The van der Waals surface area contributed by atoms with Crippen LogP contribution in [0.2, 0.25) is 5.28 Å². The molecule has 0 radical (unpaired) electrons. The first-order valence-corrected chi connectivity index (χ1v) is 22.7. The van der Waals surface area contributed by atoms with E-state index in [-0.39, 0.29) is 5.28 Å². The molecular weight excluding hydrogens is 812 g/mol. The molecule has 302 valence electrons. The average Bonchev–Trinajstić information content (AvgIpc) is 4.02. The normalized spacial score (nSPS) is 16.0. The number of rotatable bonds is 3. The number of fused-ring (bicyclic) bond motifs is 16. The predicted octanol–water partition coefficient (Wildman–Crippen LogP) is 14.6. The first-order chi connectivity index (χ1) is 32.0. The van der Waals surface area contributed by atoms with Gasteiger partial charge in [0.2, 0.25) is 5.28 Å². The second-order valence-electron chi connectivity index (χ2n) is 18.1. The van der Waals surface area contributed by atoms with E-state index in [1.165, 1.54) is 88.6 Å². The van der Waals surface area contributed by atoms with E-state index >= 15 is 0 Å². The number of aromatic nitrogens is 4. The molecule has 0 fully saturated rings. The first-order valence-electron chi connectivity index (χ1n) is 22.3. The lowest BCUT2D eigenvalue weighted by Gasteiger charge is -2.30. The lowest BCUT2D eigenvalue weighted by molar-refractivity contribution is 0.714. The molecule has 1 atom stereocenters. The number of benzene rings is 9. The molecule has 65 heavy (non-hydrogen) atoms. The van der Waals surface area contributed by atoms with E-state index in [9.17, 15) is 0 Å². The van der Waals surface area contributed by atoms with Gasteiger partial charge in [-0.1, -0.05) is 170 Å². The van der Waals surface area contributed by atoms with Crippen LogP contribution in [0.4, 0.5) is 0 Å². The fraction of sp³-hybridized carbons (Fsp3) is 0.0500. The zero-order valence-corrected chi connectivity index (χ0v) is 35.9. The zero-order valence-electron chi connectivity index (χ0n) is 35.1. The van der Waals surface area contributed by atoms with Gasteiger partial charge in [-0.05, 0) is 115 Å². The lowest BCUT2D eigenvalue weighted by atomic mass is 9.70. The largest absolute Gasteiger partial charge is 0.308 e. The molecular formula is C60H35ClN4.